The highest BCUT2D eigenvalue weighted by atomic mass is 35.5. The molecule has 0 spiro atoms. The van der Waals surface area contributed by atoms with E-state index in [1.54, 1.807) is 12.4 Å². The largest absolute Gasteiger partial charge is 0.445 e. The standard InChI is InChI=1S/C16H17ClN4O/c1-11-19-9-14(22-11)10-20-15(16-18-7-8-21(16)2)12-3-5-13(17)6-4-12/h3-9,15,20H,10H2,1-2H3. The summed E-state index contributed by atoms with van der Waals surface area (Å²) in [5.74, 6) is 2.39. The van der Waals surface area contributed by atoms with Crippen molar-refractivity contribution < 1.29 is 4.42 Å². The van der Waals surface area contributed by atoms with Gasteiger partial charge in [0, 0.05) is 31.4 Å². The van der Waals surface area contributed by atoms with Crippen LogP contribution in [0.2, 0.25) is 5.02 Å². The first-order valence-corrected chi connectivity index (χ1v) is 7.38. The van der Waals surface area contributed by atoms with E-state index in [-0.39, 0.29) is 6.04 Å². The number of aromatic nitrogens is 3. The van der Waals surface area contributed by atoms with E-state index in [2.05, 4.69) is 15.3 Å². The van der Waals surface area contributed by atoms with Crippen molar-refractivity contribution in [3.63, 3.8) is 0 Å². The fourth-order valence-corrected chi connectivity index (χ4v) is 2.48. The predicted molar refractivity (Wildman–Crippen MR) is 84.6 cm³/mol. The van der Waals surface area contributed by atoms with Crippen LogP contribution in [0.1, 0.15) is 29.1 Å². The molecule has 0 aliphatic carbocycles. The highest BCUT2D eigenvalue weighted by Gasteiger charge is 2.18. The summed E-state index contributed by atoms with van der Waals surface area (Å²) in [5, 5.41) is 4.18. The lowest BCUT2D eigenvalue weighted by atomic mass is 10.1. The smallest absolute Gasteiger partial charge is 0.191 e. The van der Waals surface area contributed by atoms with Crippen LogP contribution in [-0.4, -0.2) is 14.5 Å². The number of benzene rings is 1. The van der Waals surface area contributed by atoms with Crippen molar-refractivity contribution in [1.82, 2.24) is 19.9 Å². The molecule has 0 amide bonds. The zero-order chi connectivity index (χ0) is 15.5. The molecular formula is C16H17ClN4O. The molecule has 2 aromatic heterocycles. The zero-order valence-electron chi connectivity index (χ0n) is 12.5. The summed E-state index contributed by atoms with van der Waals surface area (Å²) in [7, 11) is 1.98. The Morgan fingerprint density at radius 3 is 2.64 bits per heavy atom. The first-order valence-electron chi connectivity index (χ1n) is 7.01. The van der Waals surface area contributed by atoms with Crippen LogP contribution in [0, 0.1) is 6.92 Å². The Labute approximate surface area is 134 Å². The second-order valence-corrected chi connectivity index (χ2v) is 5.54. The third-order valence-corrected chi connectivity index (χ3v) is 3.72. The summed E-state index contributed by atoms with van der Waals surface area (Å²) in [6.45, 7) is 2.40. The number of nitrogens with zero attached hydrogens (tertiary/aromatic N) is 3. The molecule has 0 saturated heterocycles. The number of aryl methyl sites for hydroxylation is 2. The molecule has 1 N–H and O–H groups in total. The van der Waals surface area contributed by atoms with Gasteiger partial charge in [-0.2, -0.15) is 0 Å². The van der Waals surface area contributed by atoms with Crippen molar-refractivity contribution in [3.05, 3.63) is 70.9 Å². The summed E-state index contributed by atoms with van der Waals surface area (Å²) >= 11 is 5.98. The van der Waals surface area contributed by atoms with E-state index in [1.165, 1.54) is 0 Å². The minimum atomic E-state index is -0.0531. The van der Waals surface area contributed by atoms with Gasteiger partial charge in [-0.25, -0.2) is 9.97 Å². The van der Waals surface area contributed by atoms with Crippen molar-refractivity contribution >= 4 is 11.6 Å². The number of nitrogens with one attached hydrogen (secondary N) is 1. The van der Waals surface area contributed by atoms with Crippen molar-refractivity contribution in [2.75, 3.05) is 0 Å². The van der Waals surface area contributed by atoms with E-state index in [4.69, 9.17) is 16.0 Å². The SMILES string of the molecule is Cc1ncc(CNC(c2ccc(Cl)cc2)c2nccn2C)o1. The molecule has 0 radical (unpaired) electrons. The minimum absolute atomic E-state index is 0.0531. The molecule has 1 unspecified atom stereocenters. The number of hydrogen-bond donors (Lipinski definition) is 1. The van der Waals surface area contributed by atoms with E-state index in [0.29, 0.717) is 17.5 Å². The number of oxazole rings is 1. The lowest BCUT2D eigenvalue weighted by Crippen LogP contribution is -2.24. The summed E-state index contributed by atoms with van der Waals surface area (Å²) in [4.78, 5) is 8.57. The van der Waals surface area contributed by atoms with Gasteiger partial charge < -0.3 is 8.98 Å². The molecular weight excluding hydrogens is 300 g/mol. The maximum Gasteiger partial charge on any atom is 0.191 e. The van der Waals surface area contributed by atoms with E-state index in [9.17, 15) is 0 Å². The van der Waals surface area contributed by atoms with Gasteiger partial charge in [0.2, 0.25) is 0 Å². The Morgan fingerprint density at radius 2 is 2.05 bits per heavy atom. The molecule has 1 aromatic carbocycles. The van der Waals surface area contributed by atoms with Crippen LogP contribution in [0.3, 0.4) is 0 Å². The minimum Gasteiger partial charge on any atom is -0.445 e. The average molecular weight is 317 g/mol. The first kappa shape index (κ1) is 14.8. The van der Waals surface area contributed by atoms with Gasteiger partial charge in [-0.1, -0.05) is 23.7 Å². The van der Waals surface area contributed by atoms with Crippen LogP contribution in [0.15, 0.2) is 47.3 Å². The monoisotopic (exact) mass is 316 g/mol. The molecule has 0 aliphatic heterocycles. The Balaban J connectivity index is 1.86. The van der Waals surface area contributed by atoms with Gasteiger partial charge in [0.1, 0.15) is 11.6 Å². The molecule has 0 fully saturated rings. The number of imidazole rings is 1. The van der Waals surface area contributed by atoms with Crippen molar-refractivity contribution in [1.29, 1.82) is 0 Å². The number of hydrogen-bond acceptors (Lipinski definition) is 4. The van der Waals surface area contributed by atoms with E-state index < -0.39 is 0 Å². The van der Waals surface area contributed by atoms with Crippen molar-refractivity contribution in [2.24, 2.45) is 7.05 Å². The number of halogens is 1. The zero-order valence-corrected chi connectivity index (χ0v) is 13.2. The average Bonchev–Trinajstić information content (AvgIpc) is 3.10. The van der Waals surface area contributed by atoms with E-state index >= 15 is 0 Å². The summed E-state index contributed by atoms with van der Waals surface area (Å²) in [5.41, 5.74) is 1.09. The van der Waals surface area contributed by atoms with Crippen LogP contribution in [-0.2, 0) is 13.6 Å². The van der Waals surface area contributed by atoms with Crippen molar-refractivity contribution in [2.45, 2.75) is 19.5 Å². The van der Waals surface area contributed by atoms with Crippen LogP contribution in [0.25, 0.3) is 0 Å². The predicted octanol–water partition coefficient (Wildman–Crippen LogP) is 3.25. The summed E-state index contributed by atoms with van der Waals surface area (Å²) in [6, 6.07) is 7.71. The Bertz CT molecular complexity index is 748. The van der Waals surface area contributed by atoms with Crippen LogP contribution < -0.4 is 5.32 Å². The maximum absolute atomic E-state index is 5.98. The van der Waals surface area contributed by atoms with Gasteiger partial charge in [-0.05, 0) is 17.7 Å². The van der Waals surface area contributed by atoms with Gasteiger partial charge in [-0.3, -0.25) is 5.32 Å². The third-order valence-electron chi connectivity index (χ3n) is 3.47. The molecule has 22 heavy (non-hydrogen) atoms. The lowest BCUT2D eigenvalue weighted by Gasteiger charge is -2.18. The second kappa shape index (κ2) is 6.34. The molecule has 0 aliphatic rings. The normalized spacial score (nSPS) is 12.5. The van der Waals surface area contributed by atoms with E-state index in [0.717, 1.165) is 17.1 Å². The molecule has 0 bridgehead atoms. The van der Waals surface area contributed by atoms with Gasteiger partial charge in [0.15, 0.2) is 5.89 Å². The third kappa shape index (κ3) is 3.21. The highest BCUT2D eigenvalue weighted by molar-refractivity contribution is 6.30. The van der Waals surface area contributed by atoms with Crippen LogP contribution in [0.4, 0.5) is 0 Å². The Hall–Kier alpha value is -2.11. The summed E-state index contributed by atoms with van der Waals surface area (Å²) in [6.07, 6.45) is 5.46. The first-order chi connectivity index (χ1) is 10.6. The fourth-order valence-electron chi connectivity index (χ4n) is 2.36. The topological polar surface area (TPSA) is 55.9 Å². The highest BCUT2D eigenvalue weighted by Crippen LogP contribution is 2.22. The molecule has 6 heteroatoms. The van der Waals surface area contributed by atoms with Gasteiger partial charge >= 0.3 is 0 Å². The van der Waals surface area contributed by atoms with Crippen LogP contribution >= 0.6 is 11.6 Å². The van der Waals surface area contributed by atoms with Crippen LogP contribution in [0.5, 0.6) is 0 Å². The van der Waals surface area contributed by atoms with E-state index in [1.807, 2.05) is 49.0 Å². The molecule has 5 nitrogen and oxygen atoms in total. The van der Waals surface area contributed by atoms with Gasteiger partial charge in [0.05, 0.1) is 18.8 Å². The van der Waals surface area contributed by atoms with Gasteiger partial charge in [0.25, 0.3) is 0 Å². The second-order valence-electron chi connectivity index (χ2n) is 5.11. The quantitative estimate of drug-likeness (QED) is 0.785. The fraction of sp³-hybridized carbons (Fsp3) is 0.250. The Kier molecular flexibility index (Phi) is 4.27. The summed E-state index contributed by atoms with van der Waals surface area (Å²) < 4.78 is 7.51. The molecule has 0 saturated carbocycles. The number of rotatable bonds is 5. The molecule has 114 valence electrons. The van der Waals surface area contributed by atoms with Gasteiger partial charge in [-0.15, -0.1) is 0 Å². The maximum atomic E-state index is 5.98. The Morgan fingerprint density at radius 1 is 1.27 bits per heavy atom. The molecule has 3 aromatic rings. The molecule has 3 rings (SSSR count). The van der Waals surface area contributed by atoms with Crippen molar-refractivity contribution in [3.8, 4) is 0 Å². The lowest BCUT2D eigenvalue weighted by molar-refractivity contribution is 0.439. The molecule has 2 heterocycles. The molecule has 1 atom stereocenters.